The third-order valence-corrected chi connectivity index (χ3v) is 3.52. The Labute approximate surface area is 141 Å². The summed E-state index contributed by atoms with van der Waals surface area (Å²) in [5, 5.41) is 3.69. The summed E-state index contributed by atoms with van der Waals surface area (Å²) in [6.07, 6.45) is 10.6. The number of aromatic nitrogens is 1. The van der Waals surface area contributed by atoms with E-state index < -0.39 is 0 Å². The van der Waals surface area contributed by atoms with Crippen LogP contribution in [0.25, 0.3) is 10.9 Å². The van der Waals surface area contributed by atoms with Crippen molar-refractivity contribution in [2.45, 2.75) is 19.3 Å². The van der Waals surface area contributed by atoms with Gasteiger partial charge in [0, 0.05) is 30.6 Å². The van der Waals surface area contributed by atoms with E-state index in [1.54, 1.807) is 18.3 Å². The molecule has 0 fully saturated rings. The second-order valence-electron chi connectivity index (χ2n) is 5.25. The van der Waals surface area contributed by atoms with Crippen molar-refractivity contribution >= 4 is 22.7 Å². The summed E-state index contributed by atoms with van der Waals surface area (Å²) in [4.78, 5) is 23.5. The molecule has 0 radical (unpaired) electrons. The second kappa shape index (κ2) is 8.59. The van der Waals surface area contributed by atoms with Crippen molar-refractivity contribution in [2.75, 3.05) is 13.2 Å². The molecule has 1 heterocycles. The lowest BCUT2D eigenvalue weighted by atomic mass is 10.2. The fraction of sp³-hybridized carbons (Fsp3) is 0.263. The number of nitrogens with zero attached hydrogens (tertiary/aromatic N) is 1. The van der Waals surface area contributed by atoms with Crippen molar-refractivity contribution in [3.63, 3.8) is 0 Å². The van der Waals surface area contributed by atoms with Crippen LogP contribution in [0.15, 0.2) is 43.1 Å². The Morgan fingerprint density at radius 2 is 2.17 bits per heavy atom. The monoisotopic (exact) mass is 324 g/mol. The van der Waals surface area contributed by atoms with Gasteiger partial charge >= 0.3 is 0 Å². The number of ether oxygens (including phenoxy) is 1. The lowest BCUT2D eigenvalue weighted by Gasteiger charge is -2.08. The number of carbonyl (C=O) groups excluding carboxylic acids is 2. The molecule has 0 aliphatic rings. The predicted octanol–water partition coefficient (Wildman–Crippen LogP) is 2.77. The molecule has 1 amide bonds. The van der Waals surface area contributed by atoms with Gasteiger partial charge in [-0.05, 0) is 37.1 Å². The number of allylic oxidation sites excluding steroid dienone is 1. The molecule has 1 aromatic heterocycles. The van der Waals surface area contributed by atoms with Crippen LogP contribution in [0.2, 0.25) is 0 Å². The Bertz CT molecular complexity index is 783. The largest absolute Gasteiger partial charge is 0.484 e. The average Bonchev–Trinajstić information content (AvgIpc) is 3.02. The zero-order valence-corrected chi connectivity index (χ0v) is 13.5. The molecule has 5 nitrogen and oxygen atoms in total. The van der Waals surface area contributed by atoms with E-state index in [4.69, 9.17) is 11.2 Å². The molecule has 5 heteroatoms. The molecule has 0 aliphatic heterocycles. The molecule has 24 heavy (non-hydrogen) atoms. The van der Waals surface area contributed by atoms with Crippen molar-refractivity contribution in [3.05, 3.63) is 43.1 Å². The Morgan fingerprint density at radius 1 is 1.33 bits per heavy atom. The van der Waals surface area contributed by atoms with Gasteiger partial charge in [0.15, 0.2) is 6.61 Å². The highest BCUT2D eigenvalue weighted by molar-refractivity contribution is 5.98. The van der Waals surface area contributed by atoms with E-state index in [2.05, 4.69) is 17.8 Å². The molecule has 0 saturated carbocycles. The number of rotatable bonds is 8. The van der Waals surface area contributed by atoms with Gasteiger partial charge in [-0.25, -0.2) is 0 Å². The van der Waals surface area contributed by atoms with Crippen molar-refractivity contribution in [2.24, 2.45) is 0 Å². The lowest BCUT2D eigenvalue weighted by molar-refractivity contribution is -0.123. The Kier molecular flexibility index (Phi) is 6.21. The van der Waals surface area contributed by atoms with Crippen molar-refractivity contribution in [1.82, 2.24) is 9.88 Å². The van der Waals surface area contributed by atoms with E-state index in [9.17, 15) is 9.59 Å². The molecule has 2 aromatic rings. The number of unbranched alkanes of at least 4 members (excludes halogenated alkanes) is 2. The van der Waals surface area contributed by atoms with Crippen LogP contribution in [0.5, 0.6) is 5.75 Å². The molecular formula is C19H20N2O3. The van der Waals surface area contributed by atoms with Gasteiger partial charge in [0.2, 0.25) is 0 Å². The minimum absolute atomic E-state index is 0.0727. The van der Waals surface area contributed by atoms with Crippen molar-refractivity contribution < 1.29 is 14.3 Å². The molecule has 1 N–H and O–H groups in total. The number of carbonyl (C=O) groups is 2. The van der Waals surface area contributed by atoms with Gasteiger partial charge in [0.25, 0.3) is 11.8 Å². The number of terminal acetylenes is 1. The van der Waals surface area contributed by atoms with Crippen LogP contribution in [0.4, 0.5) is 0 Å². The minimum atomic E-state index is -0.216. The predicted molar refractivity (Wildman–Crippen MR) is 94.0 cm³/mol. The molecule has 124 valence electrons. The zero-order valence-electron chi connectivity index (χ0n) is 13.5. The zero-order chi connectivity index (χ0) is 17.4. The standard InChI is InChI=1S/C19H20N2O3/c1-3-5-6-7-11-20-18(22)14-24-16-9-8-15-10-12-21(17(15)13-16)19(23)4-2/h1,4,8-10,12-13H,2,5-7,11,14H2,(H,20,22). The summed E-state index contributed by atoms with van der Waals surface area (Å²) in [5.41, 5.74) is 0.715. The number of benzene rings is 1. The Morgan fingerprint density at radius 3 is 2.92 bits per heavy atom. The molecule has 1 aromatic carbocycles. The van der Waals surface area contributed by atoms with Gasteiger partial charge < -0.3 is 10.1 Å². The first-order chi connectivity index (χ1) is 11.7. The van der Waals surface area contributed by atoms with Crippen molar-refractivity contribution in [3.8, 4) is 18.1 Å². The summed E-state index contributed by atoms with van der Waals surface area (Å²) >= 11 is 0. The number of nitrogens with one attached hydrogen (secondary N) is 1. The molecule has 0 saturated heterocycles. The Balaban J connectivity index is 1.91. The topological polar surface area (TPSA) is 60.3 Å². The molecular weight excluding hydrogens is 304 g/mol. The highest BCUT2D eigenvalue weighted by Gasteiger charge is 2.08. The fourth-order valence-electron chi connectivity index (χ4n) is 2.27. The summed E-state index contributed by atoms with van der Waals surface area (Å²) in [5.74, 6) is 2.69. The van der Waals surface area contributed by atoms with E-state index in [1.165, 1.54) is 10.6 Å². The van der Waals surface area contributed by atoms with Crippen LogP contribution in [-0.4, -0.2) is 29.5 Å². The second-order valence-corrected chi connectivity index (χ2v) is 5.25. The quantitative estimate of drug-likeness (QED) is 0.461. The maximum Gasteiger partial charge on any atom is 0.257 e. The lowest BCUT2D eigenvalue weighted by Crippen LogP contribution is -2.29. The summed E-state index contributed by atoms with van der Waals surface area (Å²) < 4.78 is 6.98. The van der Waals surface area contributed by atoms with Crippen LogP contribution in [0.1, 0.15) is 24.1 Å². The van der Waals surface area contributed by atoms with Crippen LogP contribution in [0.3, 0.4) is 0 Å². The van der Waals surface area contributed by atoms with Crippen LogP contribution in [0, 0.1) is 12.3 Å². The van der Waals surface area contributed by atoms with Gasteiger partial charge in [0.1, 0.15) is 5.75 Å². The normalized spacial score (nSPS) is 10.1. The van der Waals surface area contributed by atoms with Crippen LogP contribution >= 0.6 is 0 Å². The van der Waals surface area contributed by atoms with Gasteiger partial charge in [-0.2, -0.15) is 0 Å². The smallest absolute Gasteiger partial charge is 0.257 e. The number of hydrogen-bond acceptors (Lipinski definition) is 3. The van der Waals surface area contributed by atoms with Gasteiger partial charge in [-0.3, -0.25) is 14.2 Å². The molecule has 0 bridgehead atoms. The fourth-order valence-corrected chi connectivity index (χ4v) is 2.27. The first-order valence-corrected chi connectivity index (χ1v) is 7.76. The third kappa shape index (κ3) is 4.50. The molecule has 0 unspecified atom stereocenters. The summed E-state index contributed by atoms with van der Waals surface area (Å²) in [7, 11) is 0. The highest BCUT2D eigenvalue weighted by Crippen LogP contribution is 2.22. The molecule has 0 spiro atoms. The third-order valence-electron chi connectivity index (χ3n) is 3.52. The summed E-state index contributed by atoms with van der Waals surface area (Å²) in [6, 6.07) is 7.18. The SMILES string of the molecule is C#CCCCCNC(=O)COc1ccc2ccn(C(=O)C=C)c2c1. The van der Waals surface area contributed by atoms with Gasteiger partial charge in [-0.1, -0.05) is 6.58 Å². The van der Waals surface area contributed by atoms with E-state index in [0.29, 0.717) is 17.8 Å². The van der Waals surface area contributed by atoms with E-state index in [-0.39, 0.29) is 18.4 Å². The van der Waals surface area contributed by atoms with Crippen LogP contribution in [-0.2, 0) is 4.79 Å². The maximum atomic E-state index is 11.8. The molecule has 0 aliphatic carbocycles. The van der Waals surface area contributed by atoms with Crippen molar-refractivity contribution in [1.29, 1.82) is 0 Å². The average molecular weight is 324 g/mol. The molecule has 2 rings (SSSR count). The number of hydrogen-bond donors (Lipinski definition) is 1. The highest BCUT2D eigenvalue weighted by atomic mass is 16.5. The Hall–Kier alpha value is -3.00. The van der Waals surface area contributed by atoms with Crippen LogP contribution < -0.4 is 10.1 Å². The number of fused-ring (bicyclic) bond motifs is 1. The maximum absolute atomic E-state index is 11.8. The van der Waals surface area contributed by atoms with E-state index in [0.717, 1.165) is 24.6 Å². The first kappa shape index (κ1) is 17.4. The first-order valence-electron chi connectivity index (χ1n) is 7.76. The van der Waals surface area contributed by atoms with E-state index >= 15 is 0 Å². The number of amides is 1. The summed E-state index contributed by atoms with van der Waals surface area (Å²) in [6.45, 7) is 4.00. The minimum Gasteiger partial charge on any atom is -0.484 e. The van der Waals surface area contributed by atoms with Gasteiger partial charge in [-0.15, -0.1) is 12.3 Å². The van der Waals surface area contributed by atoms with Gasteiger partial charge in [0.05, 0.1) is 5.52 Å². The molecule has 0 atom stereocenters. The van der Waals surface area contributed by atoms with E-state index in [1.807, 2.05) is 12.1 Å².